The van der Waals surface area contributed by atoms with Crippen molar-refractivity contribution in [3.8, 4) is 11.5 Å². The number of hydrogen-bond donors (Lipinski definition) is 1. The number of aryl methyl sites for hydroxylation is 1. The van der Waals surface area contributed by atoms with Crippen molar-refractivity contribution in [2.75, 3.05) is 5.73 Å². The topological polar surface area (TPSA) is 61.0 Å². The maximum absolute atomic E-state index is 5.99. The van der Waals surface area contributed by atoms with Gasteiger partial charge in [0.1, 0.15) is 5.75 Å². The highest BCUT2D eigenvalue weighted by atomic mass is 79.9. The quantitative estimate of drug-likeness (QED) is 0.769. The van der Waals surface area contributed by atoms with Gasteiger partial charge < -0.3 is 10.5 Å². The summed E-state index contributed by atoms with van der Waals surface area (Å²) in [4.78, 5) is 8.51. The summed E-state index contributed by atoms with van der Waals surface area (Å²) in [6.45, 7) is 1.93. The minimum Gasteiger partial charge on any atom is -0.453 e. The number of rotatable bonds is 2. The van der Waals surface area contributed by atoms with E-state index < -0.39 is 0 Å². The van der Waals surface area contributed by atoms with Crippen LogP contribution < -0.4 is 10.5 Å². The Balaban J connectivity index is 2.12. The number of anilines is 1. The summed E-state index contributed by atoms with van der Waals surface area (Å²) in [6.07, 6.45) is 3.28. The van der Waals surface area contributed by atoms with E-state index in [4.69, 9.17) is 10.5 Å². The molecule has 4 nitrogen and oxygen atoms in total. The number of fused-ring (bicyclic) bond motifs is 1. The zero-order valence-corrected chi connectivity index (χ0v) is 12.4. The molecule has 0 aliphatic carbocycles. The second kappa shape index (κ2) is 5.09. The molecule has 2 N–H and O–H groups in total. The predicted octanol–water partition coefficient (Wildman–Crippen LogP) is 4.08. The third kappa shape index (κ3) is 2.44. The van der Waals surface area contributed by atoms with Gasteiger partial charge in [-0.2, -0.15) is 0 Å². The average Bonchev–Trinajstić information content (AvgIpc) is 2.44. The van der Waals surface area contributed by atoms with Gasteiger partial charge in [0.15, 0.2) is 5.75 Å². The lowest BCUT2D eigenvalue weighted by Gasteiger charge is -2.11. The molecule has 0 amide bonds. The molecule has 0 spiro atoms. The Kier molecular flexibility index (Phi) is 3.28. The van der Waals surface area contributed by atoms with Gasteiger partial charge in [-0.15, -0.1) is 0 Å². The third-order valence-corrected chi connectivity index (χ3v) is 3.41. The molecule has 0 atom stereocenters. The minimum atomic E-state index is 0.496. The van der Waals surface area contributed by atoms with Crippen molar-refractivity contribution in [2.45, 2.75) is 6.92 Å². The number of halogens is 1. The Morgan fingerprint density at radius 3 is 2.70 bits per heavy atom. The van der Waals surface area contributed by atoms with Crippen LogP contribution in [0.5, 0.6) is 11.5 Å². The molecule has 0 unspecified atom stereocenters. The van der Waals surface area contributed by atoms with E-state index in [9.17, 15) is 0 Å². The fourth-order valence-corrected chi connectivity index (χ4v) is 2.26. The zero-order valence-electron chi connectivity index (χ0n) is 10.8. The van der Waals surface area contributed by atoms with Crippen LogP contribution in [0.15, 0.2) is 47.2 Å². The first-order valence-electron chi connectivity index (χ1n) is 6.08. The minimum absolute atomic E-state index is 0.496. The lowest BCUT2D eigenvalue weighted by Crippen LogP contribution is -1.95. The molecule has 0 aliphatic heterocycles. The van der Waals surface area contributed by atoms with E-state index in [2.05, 4.69) is 25.9 Å². The lowest BCUT2D eigenvalue weighted by atomic mass is 10.2. The average molecular weight is 330 g/mol. The largest absolute Gasteiger partial charge is 0.453 e. The molecule has 0 radical (unpaired) electrons. The van der Waals surface area contributed by atoms with Crippen molar-refractivity contribution in [1.29, 1.82) is 0 Å². The summed E-state index contributed by atoms with van der Waals surface area (Å²) in [6, 6.07) is 9.55. The van der Waals surface area contributed by atoms with Crippen molar-refractivity contribution < 1.29 is 4.74 Å². The van der Waals surface area contributed by atoms with Gasteiger partial charge in [0.25, 0.3) is 0 Å². The summed E-state index contributed by atoms with van der Waals surface area (Å²) in [5.41, 5.74) is 8.26. The smallest absolute Gasteiger partial charge is 0.161 e. The fourth-order valence-electron chi connectivity index (χ4n) is 1.90. The molecule has 3 rings (SSSR count). The number of nitrogens with zero attached hydrogens (tertiary/aromatic N) is 2. The maximum atomic E-state index is 5.99. The second-order valence-electron chi connectivity index (χ2n) is 4.44. The van der Waals surface area contributed by atoms with Crippen molar-refractivity contribution in [3.63, 3.8) is 0 Å². The molecule has 0 saturated carbocycles. The van der Waals surface area contributed by atoms with Crippen LogP contribution in [0.4, 0.5) is 5.69 Å². The Morgan fingerprint density at radius 2 is 1.95 bits per heavy atom. The summed E-state index contributed by atoms with van der Waals surface area (Å²) in [5, 5.41) is 0.861. The Morgan fingerprint density at radius 1 is 1.10 bits per heavy atom. The maximum Gasteiger partial charge on any atom is 0.161 e. The highest BCUT2D eigenvalue weighted by molar-refractivity contribution is 9.10. The van der Waals surface area contributed by atoms with Gasteiger partial charge in [-0.1, -0.05) is 15.9 Å². The normalized spacial score (nSPS) is 10.7. The first-order valence-corrected chi connectivity index (χ1v) is 6.87. The number of benzene rings is 1. The van der Waals surface area contributed by atoms with Crippen molar-refractivity contribution >= 4 is 32.5 Å². The zero-order chi connectivity index (χ0) is 14.1. The molecule has 0 bridgehead atoms. The van der Waals surface area contributed by atoms with Gasteiger partial charge in [0, 0.05) is 15.6 Å². The van der Waals surface area contributed by atoms with Gasteiger partial charge >= 0.3 is 0 Å². The Hall–Kier alpha value is -2.14. The van der Waals surface area contributed by atoms with E-state index in [0.29, 0.717) is 17.2 Å². The lowest BCUT2D eigenvalue weighted by molar-refractivity contribution is 0.487. The molecule has 0 saturated heterocycles. The molecule has 2 heterocycles. The van der Waals surface area contributed by atoms with Crippen LogP contribution in [-0.4, -0.2) is 9.97 Å². The van der Waals surface area contributed by atoms with Gasteiger partial charge in [0.05, 0.1) is 23.6 Å². The van der Waals surface area contributed by atoms with Crippen LogP contribution in [0.3, 0.4) is 0 Å². The van der Waals surface area contributed by atoms with Crippen LogP contribution in [0.1, 0.15) is 5.69 Å². The van der Waals surface area contributed by atoms with Gasteiger partial charge in [-0.3, -0.25) is 9.97 Å². The molecule has 20 heavy (non-hydrogen) atoms. The molecule has 3 aromatic rings. The number of hydrogen-bond acceptors (Lipinski definition) is 4. The van der Waals surface area contributed by atoms with E-state index in [1.807, 2.05) is 37.3 Å². The van der Waals surface area contributed by atoms with Crippen molar-refractivity contribution in [1.82, 2.24) is 9.97 Å². The van der Waals surface area contributed by atoms with E-state index in [1.165, 1.54) is 0 Å². The molecule has 0 fully saturated rings. The van der Waals surface area contributed by atoms with Gasteiger partial charge in [-0.25, -0.2) is 0 Å². The van der Waals surface area contributed by atoms with E-state index in [-0.39, 0.29) is 0 Å². The summed E-state index contributed by atoms with van der Waals surface area (Å²) in [5.74, 6) is 1.25. The molecule has 1 aromatic carbocycles. The van der Waals surface area contributed by atoms with E-state index in [1.54, 1.807) is 12.4 Å². The van der Waals surface area contributed by atoms with Crippen LogP contribution in [0.25, 0.3) is 10.9 Å². The van der Waals surface area contributed by atoms with Crippen molar-refractivity contribution in [2.24, 2.45) is 0 Å². The highest BCUT2D eigenvalue weighted by Crippen LogP contribution is 2.35. The van der Waals surface area contributed by atoms with Crippen LogP contribution in [0.2, 0.25) is 0 Å². The molecular weight excluding hydrogens is 318 g/mol. The van der Waals surface area contributed by atoms with Gasteiger partial charge in [0.2, 0.25) is 0 Å². The molecule has 100 valence electrons. The number of nitrogens with two attached hydrogens (primary N) is 1. The van der Waals surface area contributed by atoms with E-state index >= 15 is 0 Å². The second-order valence-corrected chi connectivity index (χ2v) is 5.36. The molecule has 2 aromatic heterocycles. The number of nitrogen functional groups attached to an aromatic ring is 1. The predicted molar refractivity (Wildman–Crippen MR) is 82.9 cm³/mol. The first kappa shape index (κ1) is 12.9. The highest BCUT2D eigenvalue weighted by Gasteiger charge is 2.10. The Bertz CT molecular complexity index is 767. The Labute approximate surface area is 124 Å². The van der Waals surface area contributed by atoms with Crippen LogP contribution in [0, 0.1) is 6.92 Å². The first-order chi connectivity index (χ1) is 9.63. The summed E-state index contributed by atoms with van der Waals surface area (Å²) < 4.78 is 6.83. The summed E-state index contributed by atoms with van der Waals surface area (Å²) in [7, 11) is 0. The number of pyridine rings is 2. The monoisotopic (exact) mass is 329 g/mol. The van der Waals surface area contributed by atoms with Gasteiger partial charge in [-0.05, 0) is 37.3 Å². The fraction of sp³-hybridized carbons (Fsp3) is 0.0667. The van der Waals surface area contributed by atoms with E-state index in [0.717, 1.165) is 21.1 Å². The molecular formula is C15H12BrN3O. The number of aromatic nitrogens is 2. The molecule has 0 aliphatic rings. The number of ether oxygens (including phenoxy) is 1. The van der Waals surface area contributed by atoms with Crippen LogP contribution in [-0.2, 0) is 0 Å². The van der Waals surface area contributed by atoms with Crippen molar-refractivity contribution in [3.05, 3.63) is 52.9 Å². The standard InChI is InChI=1S/C15H12BrN3O/c1-9-2-4-11(7-18-9)20-15-12-6-10(16)3-5-14(12)19-8-13(15)17/h2-8H,17H2,1H3. The SMILES string of the molecule is Cc1ccc(Oc2c(N)cnc3ccc(Br)cc23)cn1. The third-order valence-electron chi connectivity index (χ3n) is 2.91. The molecule has 5 heteroatoms. The summed E-state index contributed by atoms with van der Waals surface area (Å²) >= 11 is 3.45. The van der Waals surface area contributed by atoms with Crippen LogP contribution >= 0.6 is 15.9 Å².